The topological polar surface area (TPSA) is 97.2 Å². The van der Waals surface area contributed by atoms with E-state index in [-0.39, 0.29) is 16.6 Å². The minimum Gasteiger partial charge on any atom is -0.325 e. The molecule has 4 rings (SSSR count). The molecule has 1 aliphatic heterocycles. The van der Waals surface area contributed by atoms with Gasteiger partial charge in [-0.25, -0.2) is 8.42 Å². The van der Waals surface area contributed by atoms with E-state index in [0.717, 1.165) is 30.5 Å². The van der Waals surface area contributed by atoms with Crippen LogP contribution >= 0.6 is 11.8 Å². The maximum atomic E-state index is 12.9. The van der Waals surface area contributed by atoms with E-state index in [0.29, 0.717) is 23.9 Å². The third kappa shape index (κ3) is 5.45. The van der Waals surface area contributed by atoms with Gasteiger partial charge in [-0.3, -0.25) is 9.36 Å². The number of hydrogen-bond acceptors (Lipinski definition) is 6. The van der Waals surface area contributed by atoms with Crippen LogP contribution in [0.3, 0.4) is 0 Å². The van der Waals surface area contributed by atoms with E-state index in [2.05, 4.69) is 28.5 Å². The van der Waals surface area contributed by atoms with Gasteiger partial charge in [-0.1, -0.05) is 30.3 Å². The molecule has 0 unspecified atom stereocenters. The van der Waals surface area contributed by atoms with Gasteiger partial charge in [0.25, 0.3) is 0 Å². The molecule has 0 spiro atoms. The Morgan fingerprint density at radius 2 is 1.85 bits per heavy atom. The second-order valence-electron chi connectivity index (χ2n) is 8.08. The smallest absolute Gasteiger partial charge is 0.243 e. The van der Waals surface area contributed by atoms with Gasteiger partial charge in [0.15, 0.2) is 5.16 Å². The molecule has 0 radical (unpaired) electrons. The minimum atomic E-state index is -3.56. The Morgan fingerprint density at radius 3 is 2.61 bits per heavy atom. The summed E-state index contributed by atoms with van der Waals surface area (Å²) in [4.78, 5) is 12.8. The van der Waals surface area contributed by atoms with Crippen molar-refractivity contribution in [3.63, 3.8) is 0 Å². The van der Waals surface area contributed by atoms with Crippen LogP contribution in [0, 0.1) is 13.8 Å². The Labute approximate surface area is 198 Å². The van der Waals surface area contributed by atoms with Gasteiger partial charge in [0.2, 0.25) is 15.9 Å². The molecule has 1 fully saturated rings. The Bertz CT molecular complexity index is 1250. The molecule has 1 saturated heterocycles. The van der Waals surface area contributed by atoms with Crippen LogP contribution in [0.1, 0.15) is 30.4 Å². The number of carbonyl (C=O) groups is 1. The van der Waals surface area contributed by atoms with Gasteiger partial charge in [0.05, 0.1) is 10.6 Å². The molecule has 1 amide bonds. The van der Waals surface area contributed by atoms with Crippen molar-refractivity contribution in [2.24, 2.45) is 0 Å². The Hall–Kier alpha value is -2.69. The number of nitrogens with zero attached hydrogens (tertiary/aromatic N) is 4. The van der Waals surface area contributed by atoms with Gasteiger partial charge >= 0.3 is 0 Å². The summed E-state index contributed by atoms with van der Waals surface area (Å²) in [6.45, 7) is 5.18. The number of thioether (sulfide) groups is 1. The van der Waals surface area contributed by atoms with E-state index in [4.69, 9.17) is 0 Å². The van der Waals surface area contributed by atoms with Crippen LogP contribution in [0.2, 0.25) is 0 Å². The predicted octanol–water partition coefficient (Wildman–Crippen LogP) is 3.79. The molecule has 2 aromatic carbocycles. The fourth-order valence-corrected chi connectivity index (χ4v) is 5.98. The number of sulfonamides is 1. The zero-order valence-corrected chi connectivity index (χ0v) is 20.3. The number of anilines is 1. The lowest BCUT2D eigenvalue weighted by Gasteiger charge is -2.26. The Kier molecular flexibility index (Phi) is 7.16. The van der Waals surface area contributed by atoms with Crippen LogP contribution in [0.5, 0.6) is 0 Å². The van der Waals surface area contributed by atoms with Crippen molar-refractivity contribution in [2.45, 2.75) is 43.2 Å². The Balaban J connectivity index is 1.41. The first-order chi connectivity index (χ1) is 15.8. The lowest BCUT2D eigenvalue weighted by atomic mass is 10.1. The number of amides is 1. The average Bonchev–Trinajstić information content (AvgIpc) is 3.29. The first kappa shape index (κ1) is 23.5. The summed E-state index contributed by atoms with van der Waals surface area (Å²) >= 11 is 1.27. The molecule has 1 aromatic heterocycles. The average molecular weight is 486 g/mol. The zero-order chi connectivity index (χ0) is 23.4. The molecular weight excluding hydrogens is 458 g/mol. The zero-order valence-electron chi connectivity index (χ0n) is 18.7. The van der Waals surface area contributed by atoms with Crippen LogP contribution in [-0.2, 0) is 14.8 Å². The molecule has 0 atom stereocenters. The molecule has 1 aliphatic rings. The van der Waals surface area contributed by atoms with Crippen LogP contribution in [0.25, 0.3) is 5.69 Å². The van der Waals surface area contributed by atoms with Gasteiger partial charge in [-0.2, -0.15) is 4.31 Å². The second-order valence-corrected chi connectivity index (χ2v) is 11.0. The molecule has 1 N–H and O–H groups in total. The molecule has 33 heavy (non-hydrogen) atoms. The van der Waals surface area contributed by atoms with Crippen molar-refractivity contribution in [3.05, 3.63) is 59.9 Å². The molecule has 10 heteroatoms. The van der Waals surface area contributed by atoms with Crippen molar-refractivity contribution < 1.29 is 13.2 Å². The van der Waals surface area contributed by atoms with E-state index in [1.165, 1.54) is 27.7 Å². The van der Waals surface area contributed by atoms with Crippen LogP contribution in [-0.4, -0.2) is 52.2 Å². The SMILES string of the molecule is Cc1ccc(-n2cnnc2SCC(=O)Nc2cccc(S(=O)(=O)N3CCCCC3)c2)cc1C. The molecule has 8 nitrogen and oxygen atoms in total. The van der Waals surface area contributed by atoms with Gasteiger partial charge in [0.1, 0.15) is 6.33 Å². The molecule has 174 valence electrons. The van der Waals surface area contributed by atoms with Gasteiger partial charge in [0, 0.05) is 24.5 Å². The first-order valence-electron chi connectivity index (χ1n) is 10.8. The van der Waals surface area contributed by atoms with E-state index in [1.807, 2.05) is 23.6 Å². The first-order valence-corrected chi connectivity index (χ1v) is 13.3. The third-order valence-corrected chi connectivity index (χ3v) is 8.53. The predicted molar refractivity (Wildman–Crippen MR) is 129 cm³/mol. The number of aryl methyl sites for hydroxylation is 2. The molecule has 0 saturated carbocycles. The summed E-state index contributed by atoms with van der Waals surface area (Å²) in [5, 5.41) is 11.5. The van der Waals surface area contributed by atoms with Crippen LogP contribution in [0.15, 0.2) is 58.8 Å². The summed E-state index contributed by atoms with van der Waals surface area (Å²) < 4.78 is 29.2. The van der Waals surface area contributed by atoms with Crippen molar-refractivity contribution >= 4 is 33.4 Å². The normalized spacial score (nSPS) is 14.8. The highest BCUT2D eigenvalue weighted by Crippen LogP contribution is 2.24. The number of rotatable bonds is 7. The molecule has 2 heterocycles. The molecular formula is C23H27N5O3S2. The number of benzene rings is 2. The number of aromatic nitrogens is 3. The second kappa shape index (κ2) is 10.1. The maximum Gasteiger partial charge on any atom is 0.243 e. The van der Waals surface area contributed by atoms with Gasteiger partial charge in [-0.15, -0.1) is 10.2 Å². The minimum absolute atomic E-state index is 0.118. The van der Waals surface area contributed by atoms with Crippen molar-refractivity contribution in [1.82, 2.24) is 19.1 Å². The van der Waals surface area contributed by atoms with Crippen molar-refractivity contribution in [3.8, 4) is 5.69 Å². The van der Waals surface area contributed by atoms with E-state index in [9.17, 15) is 13.2 Å². The quantitative estimate of drug-likeness (QED) is 0.512. The van der Waals surface area contributed by atoms with Gasteiger partial charge < -0.3 is 5.32 Å². The van der Waals surface area contributed by atoms with Crippen molar-refractivity contribution in [1.29, 1.82) is 0 Å². The maximum absolute atomic E-state index is 12.9. The van der Waals surface area contributed by atoms with E-state index >= 15 is 0 Å². The van der Waals surface area contributed by atoms with E-state index < -0.39 is 10.0 Å². The number of nitrogens with one attached hydrogen (secondary N) is 1. The summed E-state index contributed by atoms with van der Waals surface area (Å²) in [5.41, 5.74) is 3.75. The Morgan fingerprint density at radius 1 is 1.06 bits per heavy atom. The highest BCUT2D eigenvalue weighted by Gasteiger charge is 2.26. The lowest BCUT2D eigenvalue weighted by molar-refractivity contribution is -0.113. The monoisotopic (exact) mass is 485 g/mol. The van der Waals surface area contributed by atoms with Crippen LogP contribution in [0.4, 0.5) is 5.69 Å². The van der Waals surface area contributed by atoms with Crippen molar-refractivity contribution in [2.75, 3.05) is 24.2 Å². The molecule has 0 bridgehead atoms. The number of piperidine rings is 1. The fourth-order valence-electron chi connectivity index (χ4n) is 3.69. The van der Waals surface area contributed by atoms with E-state index in [1.54, 1.807) is 24.5 Å². The molecule has 0 aliphatic carbocycles. The van der Waals surface area contributed by atoms with Gasteiger partial charge in [-0.05, 0) is 68.1 Å². The standard InChI is InChI=1S/C23H27N5O3S2/c1-17-9-10-20(13-18(17)2)28-16-24-26-23(28)32-15-22(29)25-19-7-6-8-21(14-19)33(30,31)27-11-4-3-5-12-27/h6-10,13-14,16H,3-5,11-12,15H2,1-2H3,(H,25,29). The highest BCUT2D eigenvalue weighted by molar-refractivity contribution is 7.99. The number of carbonyl (C=O) groups excluding carboxylic acids is 1. The lowest BCUT2D eigenvalue weighted by Crippen LogP contribution is -2.35. The highest BCUT2D eigenvalue weighted by atomic mass is 32.2. The third-order valence-electron chi connectivity index (χ3n) is 5.69. The largest absolute Gasteiger partial charge is 0.325 e. The number of hydrogen-bond donors (Lipinski definition) is 1. The summed E-state index contributed by atoms with van der Waals surface area (Å²) in [6, 6.07) is 12.5. The summed E-state index contributed by atoms with van der Waals surface area (Å²) in [5.74, 6) is -0.130. The fraction of sp³-hybridized carbons (Fsp3) is 0.348. The summed E-state index contributed by atoms with van der Waals surface area (Å²) in [7, 11) is -3.56. The molecule has 3 aromatic rings. The summed E-state index contributed by atoms with van der Waals surface area (Å²) in [6.07, 6.45) is 4.43. The van der Waals surface area contributed by atoms with Crippen LogP contribution < -0.4 is 5.32 Å².